The van der Waals surface area contributed by atoms with Crippen molar-refractivity contribution >= 4 is 10.0 Å². The molecule has 0 unspecified atom stereocenters. The average molecular weight is 194 g/mol. The largest absolute Gasteiger partial charge is 0.223 e. The van der Waals surface area contributed by atoms with Gasteiger partial charge in [0.25, 0.3) is 0 Å². The fourth-order valence-electron chi connectivity index (χ4n) is 1.93. The lowest BCUT2D eigenvalue weighted by Crippen LogP contribution is -1.94. The highest BCUT2D eigenvalue weighted by Crippen LogP contribution is 2.46. The predicted octanol–water partition coefficient (Wildman–Crippen LogP) is 3.23. The summed E-state index contributed by atoms with van der Waals surface area (Å²) in [5.74, 6) is 0. The minimum atomic E-state index is -0.524. The maximum absolute atomic E-state index is 2.44. The highest BCUT2D eigenvalue weighted by atomic mass is 32.3. The predicted molar refractivity (Wildman–Crippen MR) is 62.1 cm³/mol. The van der Waals surface area contributed by atoms with Crippen molar-refractivity contribution in [1.82, 2.24) is 0 Å². The molecule has 1 aromatic rings. The van der Waals surface area contributed by atoms with E-state index in [-0.39, 0.29) is 0 Å². The molecule has 0 nitrogen and oxygen atoms in total. The van der Waals surface area contributed by atoms with E-state index in [0.29, 0.717) is 0 Å². The minimum Gasteiger partial charge on any atom is -0.223 e. The molecule has 0 radical (unpaired) electrons. The van der Waals surface area contributed by atoms with E-state index >= 15 is 0 Å². The van der Waals surface area contributed by atoms with Crippen LogP contribution in [0, 0.1) is 0 Å². The molecule has 0 saturated heterocycles. The second-order valence-electron chi connectivity index (χ2n) is 4.62. The minimum absolute atomic E-state index is 0.524. The van der Waals surface area contributed by atoms with Gasteiger partial charge in [-0.25, -0.2) is 10.0 Å². The van der Waals surface area contributed by atoms with Gasteiger partial charge in [-0.15, -0.1) is 0 Å². The Morgan fingerprint density at radius 1 is 1.00 bits per heavy atom. The van der Waals surface area contributed by atoms with E-state index in [1.54, 1.807) is 16.0 Å². The summed E-state index contributed by atoms with van der Waals surface area (Å²) in [6, 6.07) is 7.12. The number of benzene rings is 1. The van der Waals surface area contributed by atoms with Crippen molar-refractivity contribution in [2.24, 2.45) is 0 Å². The van der Waals surface area contributed by atoms with Crippen molar-refractivity contribution in [1.29, 1.82) is 0 Å². The van der Waals surface area contributed by atoms with E-state index in [0.717, 1.165) is 0 Å². The summed E-state index contributed by atoms with van der Waals surface area (Å²) < 4.78 is 0. The molecule has 1 aliphatic carbocycles. The second kappa shape index (κ2) is 3.06. The molecule has 0 saturated carbocycles. The zero-order valence-corrected chi connectivity index (χ0v) is 9.58. The van der Waals surface area contributed by atoms with Crippen molar-refractivity contribution in [2.45, 2.75) is 24.2 Å². The Bertz CT molecular complexity index is 320. The molecule has 0 atom stereocenters. The maximum atomic E-state index is 2.44. The number of fused-ring (bicyclic) bond motifs is 1. The van der Waals surface area contributed by atoms with Crippen LogP contribution in [0.3, 0.4) is 0 Å². The zero-order chi connectivity index (χ0) is 9.47. The van der Waals surface area contributed by atoms with Gasteiger partial charge in [0.05, 0.1) is 0 Å². The summed E-state index contributed by atoms with van der Waals surface area (Å²) in [7, 11) is -0.524. The summed E-state index contributed by atoms with van der Waals surface area (Å²) in [5.41, 5.74) is 3.20. The standard InChI is InChI=1S/C12H18S/c1-13(2,3)12-8-7-10-5-4-6-11(10)9-12/h7-9H,4-6H2,1-3H3. The van der Waals surface area contributed by atoms with E-state index in [4.69, 9.17) is 0 Å². The van der Waals surface area contributed by atoms with Crippen LogP contribution in [0.4, 0.5) is 0 Å². The van der Waals surface area contributed by atoms with Gasteiger partial charge < -0.3 is 0 Å². The topological polar surface area (TPSA) is 0 Å². The SMILES string of the molecule is CS(C)(C)c1ccc2c(c1)CCC2. The van der Waals surface area contributed by atoms with Gasteiger partial charge in [0.1, 0.15) is 0 Å². The number of hydrogen-bond donors (Lipinski definition) is 0. The molecular weight excluding hydrogens is 176 g/mol. The first-order chi connectivity index (χ1) is 6.07. The van der Waals surface area contributed by atoms with E-state index < -0.39 is 10.0 Å². The van der Waals surface area contributed by atoms with Crippen molar-refractivity contribution in [2.75, 3.05) is 18.8 Å². The van der Waals surface area contributed by atoms with Crippen LogP contribution in [0.15, 0.2) is 23.1 Å². The molecule has 0 heterocycles. The fourth-order valence-corrected chi connectivity index (χ4v) is 2.90. The van der Waals surface area contributed by atoms with Crippen LogP contribution in [0.1, 0.15) is 17.5 Å². The molecule has 13 heavy (non-hydrogen) atoms. The van der Waals surface area contributed by atoms with Crippen LogP contribution in [0.2, 0.25) is 0 Å². The van der Waals surface area contributed by atoms with Gasteiger partial charge in [-0.05, 0) is 66.2 Å². The zero-order valence-electron chi connectivity index (χ0n) is 8.76. The lowest BCUT2D eigenvalue weighted by atomic mass is 10.1. The Balaban J connectivity index is 2.42. The van der Waals surface area contributed by atoms with Crippen LogP contribution >= 0.6 is 10.0 Å². The maximum Gasteiger partial charge on any atom is -0.0103 e. The van der Waals surface area contributed by atoms with E-state index in [9.17, 15) is 0 Å². The molecular formula is C12H18S. The molecule has 1 aromatic carbocycles. The molecule has 0 bridgehead atoms. The smallest absolute Gasteiger partial charge is 0.0103 e. The van der Waals surface area contributed by atoms with Gasteiger partial charge in [0.2, 0.25) is 0 Å². The summed E-state index contributed by atoms with van der Waals surface area (Å²) in [6.07, 6.45) is 11.1. The van der Waals surface area contributed by atoms with Crippen molar-refractivity contribution in [3.8, 4) is 0 Å². The molecule has 1 heteroatoms. The highest BCUT2D eigenvalue weighted by Gasteiger charge is 2.14. The number of aryl methyl sites for hydroxylation is 2. The monoisotopic (exact) mass is 194 g/mol. The third-order valence-corrected chi connectivity index (χ3v) is 4.45. The molecule has 1 aliphatic rings. The van der Waals surface area contributed by atoms with E-state index in [1.807, 2.05) is 0 Å². The highest BCUT2D eigenvalue weighted by molar-refractivity contribution is 8.32. The van der Waals surface area contributed by atoms with Crippen LogP contribution in [0.5, 0.6) is 0 Å². The van der Waals surface area contributed by atoms with Crippen LogP contribution in [-0.4, -0.2) is 18.8 Å². The molecule has 0 aliphatic heterocycles. The van der Waals surface area contributed by atoms with Gasteiger partial charge in [0, 0.05) is 0 Å². The van der Waals surface area contributed by atoms with Gasteiger partial charge in [-0.1, -0.05) is 6.07 Å². The first-order valence-electron chi connectivity index (χ1n) is 4.87. The molecule has 0 spiro atoms. The van der Waals surface area contributed by atoms with Crippen molar-refractivity contribution in [3.05, 3.63) is 29.3 Å². The van der Waals surface area contributed by atoms with E-state index in [1.165, 1.54) is 19.3 Å². The Morgan fingerprint density at radius 2 is 1.69 bits per heavy atom. The van der Waals surface area contributed by atoms with Crippen LogP contribution in [-0.2, 0) is 12.8 Å². The Labute approximate surface area is 82.7 Å². The molecule has 0 aromatic heterocycles. The van der Waals surface area contributed by atoms with E-state index in [2.05, 4.69) is 37.0 Å². The summed E-state index contributed by atoms with van der Waals surface area (Å²) in [4.78, 5) is 1.56. The Morgan fingerprint density at radius 3 is 2.38 bits per heavy atom. The number of rotatable bonds is 1. The molecule has 0 fully saturated rings. The summed E-state index contributed by atoms with van der Waals surface area (Å²) >= 11 is 0. The van der Waals surface area contributed by atoms with Gasteiger partial charge >= 0.3 is 0 Å². The third-order valence-electron chi connectivity index (χ3n) is 2.78. The van der Waals surface area contributed by atoms with Gasteiger partial charge in [-0.2, -0.15) is 0 Å². The van der Waals surface area contributed by atoms with Crippen LogP contribution < -0.4 is 0 Å². The Kier molecular flexibility index (Phi) is 2.15. The fraction of sp³-hybridized carbons (Fsp3) is 0.500. The molecule has 0 N–H and O–H groups in total. The molecule has 2 rings (SSSR count). The normalized spacial score (nSPS) is 17.2. The quantitative estimate of drug-likeness (QED) is 0.644. The lowest BCUT2D eigenvalue weighted by Gasteiger charge is -2.26. The van der Waals surface area contributed by atoms with Crippen LogP contribution in [0.25, 0.3) is 0 Å². The lowest BCUT2D eigenvalue weighted by molar-refractivity contribution is 0.911. The van der Waals surface area contributed by atoms with Crippen molar-refractivity contribution in [3.63, 3.8) is 0 Å². The molecule has 0 amide bonds. The van der Waals surface area contributed by atoms with Gasteiger partial charge in [-0.3, -0.25) is 0 Å². The third kappa shape index (κ3) is 1.76. The summed E-state index contributed by atoms with van der Waals surface area (Å²) in [5, 5.41) is 0. The first kappa shape index (κ1) is 9.14. The average Bonchev–Trinajstić information content (AvgIpc) is 2.47. The second-order valence-corrected chi connectivity index (χ2v) is 8.77. The Hall–Kier alpha value is -0.430. The van der Waals surface area contributed by atoms with Gasteiger partial charge in [0.15, 0.2) is 0 Å². The number of hydrogen-bond acceptors (Lipinski definition) is 0. The summed E-state index contributed by atoms with van der Waals surface area (Å²) in [6.45, 7) is 0. The first-order valence-corrected chi connectivity index (χ1v) is 7.73. The molecule has 72 valence electrons. The van der Waals surface area contributed by atoms with Crippen molar-refractivity contribution < 1.29 is 0 Å².